The third-order valence-electron chi connectivity index (χ3n) is 3.32. The molecule has 2 heterocycles. The second-order valence-corrected chi connectivity index (χ2v) is 5.31. The summed E-state index contributed by atoms with van der Waals surface area (Å²) in [7, 11) is 1.88. The Kier molecular flexibility index (Phi) is 5.13. The van der Waals surface area contributed by atoms with Gasteiger partial charge in [0.2, 0.25) is 0 Å². The molecule has 0 spiro atoms. The van der Waals surface area contributed by atoms with Gasteiger partial charge in [-0.2, -0.15) is 5.10 Å². The second kappa shape index (κ2) is 6.85. The van der Waals surface area contributed by atoms with E-state index in [9.17, 15) is 4.79 Å². The number of likely N-dealkylation sites (tertiary alicyclic amines) is 1. The predicted octanol–water partition coefficient (Wildman–Crippen LogP) is 1.12. The average molecular weight is 299 g/mol. The topological polar surface area (TPSA) is 64.3 Å². The number of piperidine rings is 1. The van der Waals surface area contributed by atoms with E-state index in [1.807, 2.05) is 11.6 Å². The molecule has 1 N–H and O–H groups in total. The summed E-state index contributed by atoms with van der Waals surface area (Å²) in [6, 6.07) is 0.126. The third-order valence-corrected chi connectivity index (χ3v) is 3.82. The maximum absolute atomic E-state index is 11.4. The van der Waals surface area contributed by atoms with Gasteiger partial charge in [0, 0.05) is 26.2 Å². The predicted molar refractivity (Wildman–Crippen MR) is 76.8 cm³/mol. The standard InChI is InChI=1S/C12H21N5O2S/c1-3-19-11(18)14-10-5-4-6-16(7-10)9-17-12(20)15(2)8-13-17/h8,10H,3-7,9H2,1-2H3,(H,14,18). The van der Waals surface area contributed by atoms with Gasteiger partial charge in [-0.05, 0) is 32.0 Å². The normalized spacial score (nSPS) is 19.8. The molecule has 0 bridgehead atoms. The SMILES string of the molecule is CCOC(=O)NC1CCCN(Cn2ncn(C)c2=S)C1. The number of carbonyl (C=O) groups is 1. The lowest BCUT2D eigenvalue weighted by atomic mass is 10.1. The van der Waals surface area contributed by atoms with Crippen molar-refractivity contribution in [3.63, 3.8) is 0 Å². The molecule has 8 heteroatoms. The molecule has 1 unspecified atom stereocenters. The van der Waals surface area contributed by atoms with E-state index in [2.05, 4.69) is 15.3 Å². The summed E-state index contributed by atoms with van der Waals surface area (Å²) >= 11 is 5.28. The number of amides is 1. The van der Waals surface area contributed by atoms with Gasteiger partial charge in [-0.3, -0.25) is 4.90 Å². The van der Waals surface area contributed by atoms with E-state index in [0.717, 1.165) is 25.9 Å². The highest BCUT2D eigenvalue weighted by molar-refractivity contribution is 7.71. The number of carbonyl (C=O) groups excluding carboxylic acids is 1. The number of alkyl carbamates (subject to hydrolysis) is 1. The second-order valence-electron chi connectivity index (χ2n) is 4.95. The van der Waals surface area contributed by atoms with Crippen molar-refractivity contribution >= 4 is 18.3 Å². The molecule has 2 rings (SSSR count). The number of ether oxygens (including phenoxy) is 1. The van der Waals surface area contributed by atoms with E-state index in [-0.39, 0.29) is 12.1 Å². The molecule has 0 radical (unpaired) electrons. The number of aryl methyl sites for hydroxylation is 1. The highest BCUT2D eigenvalue weighted by Gasteiger charge is 2.22. The minimum atomic E-state index is -0.339. The monoisotopic (exact) mass is 299 g/mol. The summed E-state index contributed by atoms with van der Waals surface area (Å²) in [5, 5.41) is 7.14. The van der Waals surface area contributed by atoms with Gasteiger partial charge in [0.05, 0.1) is 13.3 Å². The Bertz CT molecular complexity index is 512. The molecular formula is C12H21N5O2S. The molecule has 0 aliphatic carbocycles. The van der Waals surface area contributed by atoms with Crippen LogP contribution in [0.4, 0.5) is 4.79 Å². The number of nitrogens with zero attached hydrogens (tertiary/aromatic N) is 4. The van der Waals surface area contributed by atoms with E-state index in [4.69, 9.17) is 17.0 Å². The van der Waals surface area contributed by atoms with Crippen LogP contribution in [0.2, 0.25) is 0 Å². The van der Waals surface area contributed by atoms with Gasteiger partial charge in [0.25, 0.3) is 0 Å². The van der Waals surface area contributed by atoms with Crippen molar-refractivity contribution in [1.82, 2.24) is 24.6 Å². The molecule has 1 atom stereocenters. The highest BCUT2D eigenvalue weighted by Crippen LogP contribution is 2.11. The molecule has 1 aromatic rings. The summed E-state index contributed by atoms with van der Waals surface area (Å²) in [5.74, 6) is 0. The van der Waals surface area contributed by atoms with Crippen LogP contribution in [-0.2, 0) is 18.5 Å². The van der Waals surface area contributed by atoms with Gasteiger partial charge in [-0.15, -0.1) is 0 Å². The Morgan fingerprint density at radius 1 is 1.65 bits per heavy atom. The molecule has 1 amide bonds. The molecule has 1 saturated heterocycles. The van der Waals surface area contributed by atoms with Crippen molar-refractivity contribution in [2.45, 2.75) is 32.5 Å². The van der Waals surface area contributed by atoms with Crippen molar-refractivity contribution in [1.29, 1.82) is 0 Å². The van der Waals surface area contributed by atoms with E-state index < -0.39 is 0 Å². The lowest BCUT2D eigenvalue weighted by molar-refractivity contribution is 0.121. The molecule has 1 aromatic heterocycles. The minimum Gasteiger partial charge on any atom is -0.450 e. The number of rotatable bonds is 4. The summed E-state index contributed by atoms with van der Waals surface area (Å²) in [6.07, 6.45) is 3.38. The van der Waals surface area contributed by atoms with Crippen molar-refractivity contribution in [2.75, 3.05) is 19.7 Å². The zero-order valence-electron chi connectivity index (χ0n) is 11.9. The smallest absolute Gasteiger partial charge is 0.407 e. The van der Waals surface area contributed by atoms with Crippen LogP contribution >= 0.6 is 12.2 Å². The Hall–Kier alpha value is -1.41. The fourth-order valence-electron chi connectivity index (χ4n) is 2.35. The molecule has 1 aliphatic rings. The fourth-order valence-corrected chi connectivity index (χ4v) is 2.50. The Balaban J connectivity index is 1.89. The fraction of sp³-hybridized carbons (Fsp3) is 0.750. The van der Waals surface area contributed by atoms with Gasteiger partial charge in [-0.25, -0.2) is 9.48 Å². The van der Waals surface area contributed by atoms with Crippen LogP contribution in [0.15, 0.2) is 6.33 Å². The van der Waals surface area contributed by atoms with E-state index in [0.29, 0.717) is 18.0 Å². The van der Waals surface area contributed by atoms with Crippen LogP contribution in [-0.4, -0.2) is 51.1 Å². The van der Waals surface area contributed by atoms with E-state index in [1.165, 1.54) is 0 Å². The highest BCUT2D eigenvalue weighted by atomic mass is 32.1. The molecule has 7 nitrogen and oxygen atoms in total. The first kappa shape index (κ1) is 15.0. The van der Waals surface area contributed by atoms with Crippen LogP contribution in [0, 0.1) is 4.77 Å². The quantitative estimate of drug-likeness (QED) is 0.844. The lowest BCUT2D eigenvalue weighted by Crippen LogP contribution is -2.48. The van der Waals surface area contributed by atoms with Crippen LogP contribution in [0.25, 0.3) is 0 Å². The average Bonchev–Trinajstić information content (AvgIpc) is 2.71. The Morgan fingerprint density at radius 3 is 3.10 bits per heavy atom. The van der Waals surface area contributed by atoms with Crippen molar-refractivity contribution in [3.8, 4) is 0 Å². The molecule has 20 heavy (non-hydrogen) atoms. The van der Waals surface area contributed by atoms with Gasteiger partial charge < -0.3 is 14.6 Å². The molecule has 1 fully saturated rings. The molecule has 112 valence electrons. The summed E-state index contributed by atoms with van der Waals surface area (Å²) < 4.78 is 9.22. The van der Waals surface area contributed by atoms with Crippen LogP contribution < -0.4 is 5.32 Å². The maximum Gasteiger partial charge on any atom is 0.407 e. The number of hydrogen-bond donors (Lipinski definition) is 1. The zero-order chi connectivity index (χ0) is 14.5. The summed E-state index contributed by atoms with van der Waals surface area (Å²) in [4.78, 5) is 13.7. The van der Waals surface area contributed by atoms with Crippen LogP contribution in [0.5, 0.6) is 0 Å². The van der Waals surface area contributed by atoms with Gasteiger partial charge in [-0.1, -0.05) is 0 Å². The maximum atomic E-state index is 11.4. The van der Waals surface area contributed by atoms with E-state index >= 15 is 0 Å². The summed E-state index contributed by atoms with van der Waals surface area (Å²) in [6.45, 7) is 4.62. The first-order valence-electron chi connectivity index (χ1n) is 6.84. The first-order valence-corrected chi connectivity index (χ1v) is 7.25. The van der Waals surface area contributed by atoms with Crippen molar-refractivity contribution in [3.05, 3.63) is 11.1 Å². The molecule has 1 aliphatic heterocycles. The Labute approximate surface area is 123 Å². The molecular weight excluding hydrogens is 278 g/mol. The van der Waals surface area contributed by atoms with Gasteiger partial charge in [0.1, 0.15) is 6.33 Å². The Morgan fingerprint density at radius 2 is 2.45 bits per heavy atom. The zero-order valence-corrected chi connectivity index (χ0v) is 12.7. The lowest BCUT2D eigenvalue weighted by Gasteiger charge is -2.32. The summed E-state index contributed by atoms with van der Waals surface area (Å²) in [5.41, 5.74) is 0. The largest absolute Gasteiger partial charge is 0.450 e. The van der Waals surface area contributed by atoms with Gasteiger partial charge in [0.15, 0.2) is 4.77 Å². The number of aromatic nitrogens is 3. The van der Waals surface area contributed by atoms with Gasteiger partial charge >= 0.3 is 6.09 Å². The van der Waals surface area contributed by atoms with E-state index in [1.54, 1.807) is 17.9 Å². The van der Waals surface area contributed by atoms with Crippen molar-refractivity contribution < 1.29 is 9.53 Å². The minimum absolute atomic E-state index is 0.126. The van der Waals surface area contributed by atoms with Crippen LogP contribution in [0.1, 0.15) is 19.8 Å². The first-order chi connectivity index (χ1) is 9.60. The molecule has 0 aromatic carbocycles. The van der Waals surface area contributed by atoms with Crippen molar-refractivity contribution in [2.24, 2.45) is 7.05 Å². The number of nitrogens with one attached hydrogen (secondary N) is 1. The van der Waals surface area contributed by atoms with Crippen LogP contribution in [0.3, 0.4) is 0 Å². The number of hydrogen-bond acceptors (Lipinski definition) is 5. The molecule has 0 saturated carbocycles. The third kappa shape index (κ3) is 3.80.